The third kappa shape index (κ3) is 6.09. The number of nitrogens with one attached hydrogen (secondary N) is 1. The zero-order valence-electron chi connectivity index (χ0n) is 22.8. The van der Waals surface area contributed by atoms with Gasteiger partial charge in [-0.25, -0.2) is 4.68 Å². The van der Waals surface area contributed by atoms with Gasteiger partial charge in [-0.1, -0.05) is 29.5 Å². The van der Waals surface area contributed by atoms with Gasteiger partial charge in [0.05, 0.1) is 54.0 Å². The van der Waals surface area contributed by atoms with Gasteiger partial charge in [-0.3, -0.25) is 4.79 Å². The number of hydrogen-bond acceptors (Lipinski definition) is 9. The van der Waals surface area contributed by atoms with Gasteiger partial charge < -0.3 is 34.1 Å². The van der Waals surface area contributed by atoms with Crippen LogP contribution in [0.4, 0.5) is 5.69 Å². The Morgan fingerprint density at radius 2 is 1.55 bits per heavy atom. The first kappa shape index (κ1) is 27.8. The molecule has 1 heterocycles. The fourth-order valence-corrected chi connectivity index (χ4v) is 3.98. The third-order valence-electron chi connectivity index (χ3n) is 6.05. The molecule has 0 saturated heterocycles. The molecule has 4 aromatic rings. The van der Waals surface area contributed by atoms with Crippen molar-refractivity contribution in [3.63, 3.8) is 0 Å². The van der Waals surface area contributed by atoms with Crippen LogP contribution in [-0.4, -0.2) is 61.6 Å². The summed E-state index contributed by atoms with van der Waals surface area (Å²) in [4.78, 5) is 13.1. The lowest BCUT2D eigenvalue weighted by molar-refractivity contribution is 0.102. The zero-order chi connectivity index (χ0) is 28.6. The van der Waals surface area contributed by atoms with Crippen LogP contribution in [0.5, 0.6) is 34.5 Å². The standard InChI is InChI=1S/C29H30N4O7/c1-36-21-11-7-18(8-12-21)16-33-17-22(31-32-33)29(35)30-26-20(10-13-23(37-2)27(26)34)9-6-19-14-24(38-3)28(40-5)25(15-19)39-4/h6-15,17,34H,16H2,1-5H3,(H,30,35)/b9-6-. The predicted octanol–water partition coefficient (Wildman–Crippen LogP) is 4.50. The van der Waals surface area contributed by atoms with Crippen LogP contribution >= 0.6 is 0 Å². The van der Waals surface area contributed by atoms with Crippen molar-refractivity contribution in [2.45, 2.75) is 6.54 Å². The predicted molar refractivity (Wildman–Crippen MR) is 150 cm³/mol. The van der Waals surface area contributed by atoms with Gasteiger partial charge in [0.2, 0.25) is 5.75 Å². The molecule has 0 radical (unpaired) electrons. The van der Waals surface area contributed by atoms with Crippen LogP contribution in [0.2, 0.25) is 0 Å². The molecule has 0 bridgehead atoms. The highest BCUT2D eigenvalue weighted by molar-refractivity contribution is 6.05. The second kappa shape index (κ2) is 12.6. The number of methoxy groups -OCH3 is 5. The Morgan fingerprint density at radius 3 is 2.15 bits per heavy atom. The highest BCUT2D eigenvalue weighted by atomic mass is 16.5. The molecule has 11 heteroatoms. The van der Waals surface area contributed by atoms with Crippen molar-refractivity contribution in [1.29, 1.82) is 0 Å². The lowest BCUT2D eigenvalue weighted by atomic mass is 10.1. The molecule has 208 valence electrons. The normalized spacial score (nSPS) is 10.8. The molecule has 0 saturated carbocycles. The maximum atomic E-state index is 13.1. The summed E-state index contributed by atoms with van der Waals surface area (Å²) in [5.74, 6) is 1.62. The summed E-state index contributed by atoms with van der Waals surface area (Å²) in [5, 5.41) is 21.7. The van der Waals surface area contributed by atoms with Crippen molar-refractivity contribution in [2.24, 2.45) is 0 Å². The van der Waals surface area contributed by atoms with E-state index < -0.39 is 5.91 Å². The molecule has 0 aliphatic rings. The highest BCUT2D eigenvalue weighted by Gasteiger charge is 2.18. The van der Waals surface area contributed by atoms with Crippen LogP contribution in [0.15, 0.2) is 54.7 Å². The number of rotatable bonds is 11. The summed E-state index contributed by atoms with van der Waals surface area (Å²) < 4.78 is 28.2. The largest absolute Gasteiger partial charge is 0.503 e. The van der Waals surface area contributed by atoms with Gasteiger partial charge in [0.1, 0.15) is 5.75 Å². The molecule has 4 rings (SSSR count). The maximum Gasteiger partial charge on any atom is 0.277 e. The summed E-state index contributed by atoms with van der Waals surface area (Å²) in [6, 6.07) is 14.4. The monoisotopic (exact) mass is 546 g/mol. The van der Waals surface area contributed by atoms with Crippen molar-refractivity contribution in [1.82, 2.24) is 15.0 Å². The topological polar surface area (TPSA) is 126 Å². The number of phenolic OH excluding ortho intramolecular Hbond substituents is 1. The summed E-state index contributed by atoms with van der Waals surface area (Å²) in [5.41, 5.74) is 2.45. The van der Waals surface area contributed by atoms with Crippen molar-refractivity contribution < 1.29 is 33.6 Å². The molecule has 0 fully saturated rings. The average molecular weight is 547 g/mol. The molecule has 0 aliphatic heterocycles. The number of phenols is 1. The first-order valence-electron chi connectivity index (χ1n) is 12.1. The molecule has 2 N–H and O–H groups in total. The van der Waals surface area contributed by atoms with Crippen LogP contribution in [0, 0.1) is 0 Å². The number of ether oxygens (including phenoxy) is 5. The van der Waals surface area contributed by atoms with Gasteiger partial charge in [0, 0.05) is 5.56 Å². The van der Waals surface area contributed by atoms with Crippen molar-refractivity contribution in [3.8, 4) is 34.5 Å². The second-order valence-corrected chi connectivity index (χ2v) is 8.48. The fraction of sp³-hybridized carbons (Fsp3) is 0.207. The lowest BCUT2D eigenvalue weighted by Gasteiger charge is -2.14. The van der Waals surface area contributed by atoms with Crippen molar-refractivity contribution in [3.05, 3.63) is 77.1 Å². The van der Waals surface area contributed by atoms with Crippen molar-refractivity contribution in [2.75, 3.05) is 40.9 Å². The molecule has 0 spiro atoms. The van der Waals surface area contributed by atoms with E-state index in [1.807, 2.05) is 24.3 Å². The van der Waals surface area contributed by atoms with Crippen LogP contribution in [0.1, 0.15) is 27.2 Å². The second-order valence-electron chi connectivity index (χ2n) is 8.48. The Morgan fingerprint density at radius 1 is 0.875 bits per heavy atom. The minimum atomic E-state index is -0.549. The Labute approximate surface area is 231 Å². The Kier molecular flexibility index (Phi) is 8.75. The van der Waals surface area contributed by atoms with E-state index in [0.717, 1.165) is 16.9 Å². The molecular weight excluding hydrogens is 516 g/mol. The van der Waals surface area contributed by atoms with Crippen LogP contribution in [0.25, 0.3) is 12.2 Å². The quantitative estimate of drug-likeness (QED) is 0.207. The summed E-state index contributed by atoms with van der Waals surface area (Å²) in [7, 11) is 7.63. The first-order valence-corrected chi connectivity index (χ1v) is 12.1. The molecule has 11 nitrogen and oxygen atoms in total. The molecular formula is C29H30N4O7. The Hall–Kier alpha value is -5.19. The van der Waals surface area contributed by atoms with E-state index in [2.05, 4.69) is 15.6 Å². The third-order valence-corrected chi connectivity index (χ3v) is 6.05. The number of anilines is 1. The van der Waals surface area contributed by atoms with E-state index >= 15 is 0 Å². The number of amides is 1. The van der Waals surface area contributed by atoms with Gasteiger partial charge in [-0.2, -0.15) is 0 Å². The van der Waals surface area contributed by atoms with E-state index in [0.29, 0.717) is 29.4 Å². The minimum Gasteiger partial charge on any atom is -0.503 e. The number of nitrogens with zero attached hydrogens (tertiary/aromatic N) is 3. The van der Waals surface area contributed by atoms with Gasteiger partial charge in [0.15, 0.2) is 28.7 Å². The lowest BCUT2D eigenvalue weighted by Crippen LogP contribution is -2.13. The Bertz CT molecular complexity index is 1490. The highest BCUT2D eigenvalue weighted by Crippen LogP contribution is 2.40. The summed E-state index contributed by atoms with van der Waals surface area (Å²) in [6.07, 6.45) is 5.05. The average Bonchev–Trinajstić information content (AvgIpc) is 3.45. The number of hydrogen-bond donors (Lipinski definition) is 2. The SMILES string of the molecule is COc1ccc(Cn2cc(C(=O)Nc3c(/C=C\c4cc(OC)c(OC)c(OC)c4)ccc(OC)c3O)nn2)cc1. The van der Waals surface area contributed by atoms with E-state index in [-0.39, 0.29) is 22.9 Å². The number of aromatic nitrogens is 3. The summed E-state index contributed by atoms with van der Waals surface area (Å²) in [6.45, 7) is 0.414. The molecule has 0 unspecified atom stereocenters. The van der Waals surface area contributed by atoms with Gasteiger partial charge in [0.25, 0.3) is 5.91 Å². The number of carbonyl (C=O) groups excluding carboxylic acids is 1. The molecule has 3 aromatic carbocycles. The molecule has 1 amide bonds. The molecule has 40 heavy (non-hydrogen) atoms. The molecule has 0 aliphatic carbocycles. The number of carbonyl (C=O) groups is 1. The number of benzene rings is 3. The van der Waals surface area contributed by atoms with Crippen LogP contribution in [0.3, 0.4) is 0 Å². The minimum absolute atomic E-state index is 0.0790. The fourth-order valence-electron chi connectivity index (χ4n) is 3.98. The van der Waals surface area contributed by atoms with E-state index in [9.17, 15) is 9.90 Å². The first-order chi connectivity index (χ1) is 19.4. The number of aromatic hydroxyl groups is 1. The summed E-state index contributed by atoms with van der Waals surface area (Å²) >= 11 is 0. The smallest absolute Gasteiger partial charge is 0.277 e. The van der Waals surface area contributed by atoms with Crippen LogP contribution < -0.4 is 29.0 Å². The van der Waals surface area contributed by atoms with Crippen LogP contribution in [-0.2, 0) is 6.54 Å². The van der Waals surface area contributed by atoms with Gasteiger partial charge in [-0.15, -0.1) is 5.10 Å². The van der Waals surface area contributed by atoms with E-state index in [1.54, 1.807) is 48.2 Å². The van der Waals surface area contributed by atoms with Gasteiger partial charge in [-0.05, 0) is 47.5 Å². The Balaban J connectivity index is 1.59. The molecule has 0 atom stereocenters. The van der Waals surface area contributed by atoms with E-state index in [1.165, 1.54) is 34.6 Å². The zero-order valence-corrected chi connectivity index (χ0v) is 22.8. The van der Waals surface area contributed by atoms with Crippen molar-refractivity contribution >= 4 is 23.7 Å². The molecule has 1 aromatic heterocycles. The van der Waals surface area contributed by atoms with E-state index in [4.69, 9.17) is 23.7 Å². The van der Waals surface area contributed by atoms with Gasteiger partial charge >= 0.3 is 0 Å². The maximum absolute atomic E-state index is 13.1.